The van der Waals surface area contributed by atoms with Gasteiger partial charge in [-0.05, 0) is 49.6 Å². The summed E-state index contributed by atoms with van der Waals surface area (Å²) in [6, 6.07) is 18.6. The average molecular weight is 533 g/mol. The molecule has 0 saturated heterocycles. The maximum absolute atomic E-state index is 5.31. The first-order valence-corrected chi connectivity index (χ1v) is 10.3. The summed E-state index contributed by atoms with van der Waals surface area (Å²) >= 11 is 0. The predicted molar refractivity (Wildman–Crippen MR) is 137 cm³/mol. The van der Waals surface area contributed by atoms with Crippen molar-refractivity contribution in [3.63, 3.8) is 0 Å². The standard InChI is InChI=1S/C24H31N5O.HI/c1-5-25-24(26-15-20-10-6-7-12-22(20)17-30-4)27-16-21-11-8-9-13-23(21)29-19(3)14-18(2)28-29;/h6-14H,5,15-17H2,1-4H3,(H2,25,26,27);1H. The largest absolute Gasteiger partial charge is 0.380 e. The van der Waals surface area contributed by atoms with Crippen molar-refractivity contribution in [2.75, 3.05) is 13.7 Å². The van der Waals surface area contributed by atoms with Crippen molar-refractivity contribution in [3.05, 3.63) is 82.7 Å². The summed E-state index contributed by atoms with van der Waals surface area (Å²) in [4.78, 5) is 4.82. The fourth-order valence-electron chi connectivity index (χ4n) is 3.44. The van der Waals surface area contributed by atoms with E-state index in [1.54, 1.807) is 7.11 Å². The third kappa shape index (κ3) is 6.80. The van der Waals surface area contributed by atoms with E-state index in [9.17, 15) is 0 Å². The highest BCUT2D eigenvalue weighted by Gasteiger charge is 2.09. The molecule has 0 saturated carbocycles. The molecule has 6 nitrogen and oxygen atoms in total. The van der Waals surface area contributed by atoms with E-state index in [4.69, 9.17) is 9.73 Å². The molecule has 0 aliphatic heterocycles. The van der Waals surface area contributed by atoms with E-state index in [1.807, 2.05) is 35.9 Å². The van der Waals surface area contributed by atoms with Gasteiger partial charge in [-0.15, -0.1) is 24.0 Å². The number of nitrogens with zero attached hydrogens (tertiary/aromatic N) is 3. The van der Waals surface area contributed by atoms with E-state index in [2.05, 4.69) is 59.9 Å². The summed E-state index contributed by atoms with van der Waals surface area (Å²) in [6.45, 7) is 8.79. The Hall–Kier alpha value is -2.39. The Balaban J connectivity index is 0.00000341. The van der Waals surface area contributed by atoms with Crippen LogP contribution in [-0.2, 0) is 24.4 Å². The summed E-state index contributed by atoms with van der Waals surface area (Å²) in [7, 11) is 1.72. The number of benzene rings is 2. The lowest BCUT2D eigenvalue weighted by atomic mass is 10.1. The molecule has 0 aliphatic carbocycles. The maximum Gasteiger partial charge on any atom is 0.191 e. The van der Waals surface area contributed by atoms with Crippen LogP contribution in [0.3, 0.4) is 0 Å². The van der Waals surface area contributed by atoms with E-state index in [-0.39, 0.29) is 24.0 Å². The molecule has 0 spiro atoms. The summed E-state index contributed by atoms with van der Waals surface area (Å²) in [6.07, 6.45) is 0. The molecule has 0 aliphatic rings. The van der Waals surface area contributed by atoms with Crippen LogP contribution < -0.4 is 10.6 Å². The van der Waals surface area contributed by atoms with Gasteiger partial charge in [0.15, 0.2) is 5.96 Å². The number of rotatable bonds is 8. The summed E-state index contributed by atoms with van der Waals surface area (Å²) in [5.41, 5.74) is 6.69. The zero-order valence-corrected chi connectivity index (χ0v) is 21.0. The first kappa shape index (κ1) is 24.9. The number of ether oxygens (including phenoxy) is 1. The monoisotopic (exact) mass is 533 g/mol. The van der Waals surface area contributed by atoms with Gasteiger partial charge in [-0.25, -0.2) is 9.67 Å². The maximum atomic E-state index is 5.31. The Morgan fingerprint density at radius 1 is 1.00 bits per heavy atom. The van der Waals surface area contributed by atoms with Gasteiger partial charge in [-0.2, -0.15) is 5.10 Å². The van der Waals surface area contributed by atoms with Crippen molar-refractivity contribution in [2.24, 2.45) is 4.99 Å². The first-order chi connectivity index (χ1) is 14.6. The second-order valence-electron chi connectivity index (χ2n) is 7.22. The van der Waals surface area contributed by atoms with Crippen LogP contribution in [-0.4, -0.2) is 29.4 Å². The molecule has 1 aromatic heterocycles. The SMILES string of the molecule is CCNC(=NCc1ccccc1-n1nc(C)cc1C)NCc1ccccc1COC.I. The molecule has 31 heavy (non-hydrogen) atoms. The predicted octanol–water partition coefficient (Wildman–Crippen LogP) is 4.51. The number of aryl methyl sites for hydroxylation is 2. The molecule has 0 atom stereocenters. The molecule has 166 valence electrons. The smallest absolute Gasteiger partial charge is 0.191 e. The number of para-hydroxylation sites is 1. The fourth-order valence-corrected chi connectivity index (χ4v) is 3.44. The van der Waals surface area contributed by atoms with Gasteiger partial charge in [0.05, 0.1) is 24.5 Å². The molecule has 0 unspecified atom stereocenters. The molecule has 2 N–H and O–H groups in total. The average Bonchev–Trinajstić information content (AvgIpc) is 3.09. The molecule has 1 heterocycles. The topological polar surface area (TPSA) is 63.5 Å². The molecule has 0 bridgehead atoms. The lowest BCUT2D eigenvalue weighted by molar-refractivity contribution is 0.184. The van der Waals surface area contributed by atoms with Crippen molar-refractivity contribution in [3.8, 4) is 5.69 Å². The molecule has 0 radical (unpaired) electrons. The van der Waals surface area contributed by atoms with E-state index in [1.165, 1.54) is 11.1 Å². The normalized spacial score (nSPS) is 11.2. The Bertz CT molecular complexity index is 999. The lowest BCUT2D eigenvalue weighted by Gasteiger charge is -2.15. The number of nitrogens with one attached hydrogen (secondary N) is 2. The van der Waals surface area contributed by atoms with Gasteiger partial charge >= 0.3 is 0 Å². The highest BCUT2D eigenvalue weighted by Crippen LogP contribution is 2.18. The summed E-state index contributed by atoms with van der Waals surface area (Å²) < 4.78 is 7.30. The molecular weight excluding hydrogens is 501 g/mol. The number of halogens is 1. The van der Waals surface area contributed by atoms with Crippen molar-refractivity contribution < 1.29 is 4.74 Å². The number of aliphatic imine (C=N–C) groups is 1. The van der Waals surface area contributed by atoms with Gasteiger partial charge in [0.1, 0.15) is 0 Å². The van der Waals surface area contributed by atoms with Crippen LogP contribution in [0.5, 0.6) is 0 Å². The number of aromatic nitrogens is 2. The minimum absolute atomic E-state index is 0. The van der Waals surface area contributed by atoms with Crippen molar-refractivity contribution in [1.82, 2.24) is 20.4 Å². The first-order valence-electron chi connectivity index (χ1n) is 10.3. The van der Waals surface area contributed by atoms with Crippen LogP contribution in [0.1, 0.15) is 35.0 Å². The molecule has 3 rings (SSSR count). The summed E-state index contributed by atoms with van der Waals surface area (Å²) in [5, 5.41) is 11.4. The third-order valence-electron chi connectivity index (χ3n) is 4.85. The molecular formula is C24H32IN5O. The fraction of sp³-hybridized carbons (Fsp3) is 0.333. The molecule has 7 heteroatoms. The lowest BCUT2D eigenvalue weighted by Crippen LogP contribution is -2.37. The second kappa shape index (κ2) is 12.5. The van der Waals surface area contributed by atoms with E-state index in [0.29, 0.717) is 19.7 Å². The van der Waals surface area contributed by atoms with Gasteiger partial charge in [0, 0.05) is 25.9 Å². The molecule has 0 fully saturated rings. The van der Waals surface area contributed by atoms with Gasteiger partial charge in [0.2, 0.25) is 0 Å². The van der Waals surface area contributed by atoms with Crippen LogP contribution in [0.4, 0.5) is 0 Å². The Morgan fingerprint density at radius 3 is 2.32 bits per heavy atom. The van der Waals surface area contributed by atoms with E-state index >= 15 is 0 Å². The zero-order chi connectivity index (χ0) is 21.3. The highest BCUT2D eigenvalue weighted by atomic mass is 127. The number of methoxy groups -OCH3 is 1. The van der Waals surface area contributed by atoms with Crippen molar-refractivity contribution in [1.29, 1.82) is 0 Å². The molecule has 3 aromatic rings. The second-order valence-corrected chi connectivity index (χ2v) is 7.22. The van der Waals surface area contributed by atoms with Crippen LogP contribution in [0.15, 0.2) is 59.6 Å². The van der Waals surface area contributed by atoms with Gasteiger partial charge in [-0.3, -0.25) is 0 Å². The quantitative estimate of drug-likeness (QED) is 0.254. The highest BCUT2D eigenvalue weighted by molar-refractivity contribution is 14.0. The Kier molecular flexibility index (Phi) is 10.00. The van der Waals surface area contributed by atoms with Crippen molar-refractivity contribution in [2.45, 2.75) is 40.5 Å². The third-order valence-corrected chi connectivity index (χ3v) is 4.85. The number of hydrogen-bond donors (Lipinski definition) is 2. The summed E-state index contributed by atoms with van der Waals surface area (Å²) in [5.74, 6) is 0.785. The van der Waals surface area contributed by atoms with Gasteiger partial charge in [-0.1, -0.05) is 42.5 Å². The van der Waals surface area contributed by atoms with E-state index < -0.39 is 0 Å². The van der Waals surface area contributed by atoms with Crippen LogP contribution in [0.2, 0.25) is 0 Å². The number of hydrogen-bond acceptors (Lipinski definition) is 3. The number of guanidine groups is 1. The molecule has 2 aromatic carbocycles. The Labute approximate surface area is 202 Å². The minimum Gasteiger partial charge on any atom is -0.380 e. The minimum atomic E-state index is 0. The van der Waals surface area contributed by atoms with Crippen molar-refractivity contribution >= 4 is 29.9 Å². The van der Waals surface area contributed by atoms with Gasteiger partial charge in [0.25, 0.3) is 0 Å². The van der Waals surface area contributed by atoms with Crippen LogP contribution in [0, 0.1) is 13.8 Å². The van der Waals surface area contributed by atoms with Crippen LogP contribution in [0.25, 0.3) is 5.69 Å². The Morgan fingerprint density at radius 2 is 1.68 bits per heavy atom. The molecule has 0 amide bonds. The van der Waals surface area contributed by atoms with Crippen LogP contribution >= 0.6 is 24.0 Å². The zero-order valence-electron chi connectivity index (χ0n) is 18.7. The van der Waals surface area contributed by atoms with E-state index in [0.717, 1.165) is 35.1 Å². The van der Waals surface area contributed by atoms with Gasteiger partial charge < -0.3 is 15.4 Å².